The summed E-state index contributed by atoms with van der Waals surface area (Å²) in [5, 5.41) is 9.84. The Labute approximate surface area is 126 Å². The summed E-state index contributed by atoms with van der Waals surface area (Å²) in [6.45, 7) is 3.26. The molecule has 2 rings (SSSR count). The minimum absolute atomic E-state index is 0.0483. The fourth-order valence-electron chi connectivity index (χ4n) is 2.79. The fraction of sp³-hybridized carbons (Fsp3) is 0.467. The average molecular weight is 340 g/mol. The number of rotatable bonds is 5. The van der Waals surface area contributed by atoms with Gasteiger partial charge in [-0.2, -0.15) is 0 Å². The standard InChI is InChI=1S/C15H18BrNO3/c1-3-15(14(19)20,11-4-6-12(16)7-5-11)17(10(2)18)13-8-9-13/h4-7,13H,3,8-9H2,1-2H3,(H,19,20). The van der Waals surface area contributed by atoms with E-state index in [9.17, 15) is 14.7 Å². The maximum absolute atomic E-state index is 12.0. The maximum Gasteiger partial charge on any atom is 0.334 e. The highest BCUT2D eigenvalue weighted by Crippen LogP contribution is 2.41. The minimum Gasteiger partial charge on any atom is -0.479 e. The molecule has 5 heteroatoms. The molecule has 1 amide bonds. The molecule has 1 fully saturated rings. The molecule has 1 aliphatic rings. The van der Waals surface area contributed by atoms with Crippen LogP contribution in [-0.4, -0.2) is 27.9 Å². The summed E-state index contributed by atoms with van der Waals surface area (Å²) in [4.78, 5) is 25.6. The molecule has 1 saturated carbocycles. The monoisotopic (exact) mass is 339 g/mol. The Balaban J connectivity index is 2.56. The molecule has 4 nitrogen and oxygen atoms in total. The van der Waals surface area contributed by atoms with E-state index in [2.05, 4.69) is 15.9 Å². The Morgan fingerprint density at radius 1 is 1.35 bits per heavy atom. The molecule has 20 heavy (non-hydrogen) atoms. The molecule has 0 aliphatic heterocycles. The van der Waals surface area contributed by atoms with E-state index in [-0.39, 0.29) is 11.9 Å². The van der Waals surface area contributed by atoms with E-state index >= 15 is 0 Å². The van der Waals surface area contributed by atoms with E-state index in [0.717, 1.165) is 17.3 Å². The largest absolute Gasteiger partial charge is 0.479 e. The van der Waals surface area contributed by atoms with Crippen molar-refractivity contribution in [2.24, 2.45) is 0 Å². The van der Waals surface area contributed by atoms with Crippen LogP contribution >= 0.6 is 15.9 Å². The molecule has 1 aromatic rings. The number of hydrogen-bond donors (Lipinski definition) is 1. The zero-order valence-electron chi connectivity index (χ0n) is 11.6. The second-order valence-corrected chi connectivity index (χ2v) is 6.06. The predicted molar refractivity (Wildman–Crippen MR) is 79.3 cm³/mol. The molecule has 1 N–H and O–H groups in total. The van der Waals surface area contributed by atoms with E-state index in [1.54, 1.807) is 17.0 Å². The van der Waals surface area contributed by atoms with E-state index in [1.807, 2.05) is 19.1 Å². The van der Waals surface area contributed by atoms with Gasteiger partial charge in [-0.05, 0) is 37.0 Å². The number of benzene rings is 1. The molecule has 108 valence electrons. The first-order valence-corrected chi connectivity index (χ1v) is 7.52. The van der Waals surface area contributed by atoms with Crippen molar-refractivity contribution in [3.05, 3.63) is 34.3 Å². The zero-order chi connectivity index (χ0) is 14.9. The molecule has 1 atom stereocenters. The van der Waals surface area contributed by atoms with Gasteiger partial charge in [0.2, 0.25) is 5.91 Å². The number of nitrogens with zero attached hydrogens (tertiary/aromatic N) is 1. The number of halogens is 1. The van der Waals surface area contributed by atoms with E-state index in [4.69, 9.17) is 0 Å². The average Bonchev–Trinajstić information content (AvgIpc) is 3.20. The molecule has 0 heterocycles. The van der Waals surface area contributed by atoms with Gasteiger partial charge in [0.25, 0.3) is 0 Å². The smallest absolute Gasteiger partial charge is 0.334 e. The molecular formula is C15H18BrNO3. The van der Waals surface area contributed by atoms with Gasteiger partial charge in [0.05, 0.1) is 0 Å². The van der Waals surface area contributed by atoms with Crippen molar-refractivity contribution in [1.82, 2.24) is 4.90 Å². The summed E-state index contributed by atoms with van der Waals surface area (Å²) in [5.74, 6) is -1.15. The summed E-state index contributed by atoms with van der Waals surface area (Å²) in [7, 11) is 0. The predicted octanol–water partition coefficient (Wildman–Crippen LogP) is 3.15. The van der Waals surface area contributed by atoms with Gasteiger partial charge in [0, 0.05) is 17.4 Å². The summed E-state index contributed by atoms with van der Waals surface area (Å²) in [6, 6.07) is 7.23. The second kappa shape index (κ2) is 5.56. The van der Waals surface area contributed by atoms with Gasteiger partial charge < -0.3 is 10.0 Å². The van der Waals surface area contributed by atoms with Crippen LogP contribution in [0.15, 0.2) is 28.7 Å². The van der Waals surface area contributed by atoms with Crippen molar-refractivity contribution in [2.75, 3.05) is 0 Å². The van der Waals surface area contributed by atoms with Crippen LogP contribution in [-0.2, 0) is 15.1 Å². The minimum atomic E-state index is -1.27. The van der Waals surface area contributed by atoms with Crippen LogP contribution < -0.4 is 0 Å². The van der Waals surface area contributed by atoms with Crippen molar-refractivity contribution in [2.45, 2.75) is 44.7 Å². The molecule has 1 unspecified atom stereocenters. The van der Waals surface area contributed by atoms with Crippen molar-refractivity contribution >= 4 is 27.8 Å². The molecular weight excluding hydrogens is 322 g/mol. The molecule has 1 aromatic carbocycles. The van der Waals surface area contributed by atoms with Crippen molar-refractivity contribution in [3.63, 3.8) is 0 Å². The van der Waals surface area contributed by atoms with Gasteiger partial charge in [0.15, 0.2) is 5.54 Å². The molecule has 0 spiro atoms. The lowest BCUT2D eigenvalue weighted by Crippen LogP contribution is -2.54. The van der Waals surface area contributed by atoms with E-state index in [1.165, 1.54) is 6.92 Å². The van der Waals surface area contributed by atoms with E-state index in [0.29, 0.717) is 12.0 Å². The molecule has 0 bridgehead atoms. The Morgan fingerprint density at radius 2 is 1.90 bits per heavy atom. The lowest BCUT2D eigenvalue weighted by atomic mass is 9.85. The first kappa shape index (κ1) is 15.0. The maximum atomic E-state index is 12.0. The van der Waals surface area contributed by atoms with Crippen LogP contribution in [0.5, 0.6) is 0 Å². The first-order chi connectivity index (χ1) is 9.43. The van der Waals surface area contributed by atoms with Gasteiger partial charge in [-0.3, -0.25) is 4.79 Å². The number of hydrogen-bond acceptors (Lipinski definition) is 2. The highest BCUT2D eigenvalue weighted by Gasteiger charge is 2.51. The van der Waals surface area contributed by atoms with Gasteiger partial charge in [-0.1, -0.05) is 35.0 Å². The number of carbonyl (C=O) groups excluding carboxylic acids is 1. The van der Waals surface area contributed by atoms with Crippen LogP contribution in [0.3, 0.4) is 0 Å². The van der Waals surface area contributed by atoms with E-state index < -0.39 is 11.5 Å². The van der Waals surface area contributed by atoms with Crippen molar-refractivity contribution in [1.29, 1.82) is 0 Å². The second-order valence-electron chi connectivity index (χ2n) is 5.15. The summed E-state index contributed by atoms with van der Waals surface area (Å²) in [6.07, 6.45) is 2.11. The van der Waals surface area contributed by atoms with Gasteiger partial charge in [-0.15, -0.1) is 0 Å². The number of aliphatic carboxylic acids is 1. The highest BCUT2D eigenvalue weighted by molar-refractivity contribution is 9.10. The first-order valence-electron chi connectivity index (χ1n) is 6.72. The van der Waals surface area contributed by atoms with Gasteiger partial charge >= 0.3 is 5.97 Å². The fourth-order valence-corrected chi connectivity index (χ4v) is 3.05. The molecule has 0 saturated heterocycles. The Morgan fingerprint density at radius 3 is 2.25 bits per heavy atom. The van der Waals surface area contributed by atoms with Gasteiger partial charge in [0.1, 0.15) is 0 Å². The zero-order valence-corrected chi connectivity index (χ0v) is 13.2. The number of carbonyl (C=O) groups is 2. The summed E-state index contributed by atoms with van der Waals surface area (Å²) >= 11 is 3.35. The molecule has 0 radical (unpaired) electrons. The Bertz CT molecular complexity index is 524. The van der Waals surface area contributed by atoms with Crippen LogP contribution in [0.2, 0.25) is 0 Å². The summed E-state index contributed by atoms with van der Waals surface area (Å²) < 4.78 is 0.887. The quantitative estimate of drug-likeness (QED) is 0.896. The lowest BCUT2D eigenvalue weighted by molar-refractivity contribution is -0.161. The lowest BCUT2D eigenvalue weighted by Gasteiger charge is -2.40. The number of carboxylic acid groups (broad SMARTS) is 1. The summed E-state index contributed by atoms with van der Waals surface area (Å²) in [5.41, 5.74) is -0.619. The molecule has 0 aromatic heterocycles. The van der Waals surface area contributed by atoms with Crippen LogP contribution in [0, 0.1) is 0 Å². The van der Waals surface area contributed by atoms with Crippen molar-refractivity contribution < 1.29 is 14.7 Å². The van der Waals surface area contributed by atoms with Gasteiger partial charge in [-0.25, -0.2) is 4.79 Å². The Kier molecular flexibility index (Phi) is 4.18. The third-order valence-corrected chi connectivity index (χ3v) is 4.38. The SMILES string of the molecule is CCC(C(=O)O)(c1ccc(Br)cc1)N(C(C)=O)C1CC1. The third-order valence-electron chi connectivity index (χ3n) is 3.85. The normalized spacial score (nSPS) is 17.4. The third kappa shape index (κ3) is 2.46. The van der Waals surface area contributed by atoms with Crippen LogP contribution in [0.4, 0.5) is 0 Å². The highest BCUT2D eigenvalue weighted by atomic mass is 79.9. The van der Waals surface area contributed by atoms with Crippen molar-refractivity contribution in [3.8, 4) is 0 Å². The topological polar surface area (TPSA) is 57.6 Å². The van der Waals surface area contributed by atoms with Crippen LogP contribution in [0.25, 0.3) is 0 Å². The Hall–Kier alpha value is -1.36. The number of carboxylic acids is 1. The van der Waals surface area contributed by atoms with Crippen LogP contribution in [0.1, 0.15) is 38.7 Å². The number of amides is 1. The molecule has 1 aliphatic carbocycles.